The van der Waals surface area contributed by atoms with Gasteiger partial charge in [0.15, 0.2) is 0 Å². The van der Waals surface area contributed by atoms with Gasteiger partial charge in [-0.1, -0.05) is 74.5 Å². The van der Waals surface area contributed by atoms with Gasteiger partial charge in [0, 0.05) is 0 Å². The molecule has 0 nitrogen and oxygen atoms in total. The molecule has 4 heteroatoms. The molecule has 0 saturated heterocycles. The number of allylic oxidation sites excluding steroid dienone is 8. The van der Waals surface area contributed by atoms with Gasteiger partial charge in [-0.05, 0) is 0 Å². The normalized spacial score (nSPS) is 24.4. The molecule has 2 unspecified atom stereocenters. The molecular formula is C18H26Cl2HfSi. The van der Waals surface area contributed by atoms with Crippen LogP contribution in [0.3, 0.4) is 0 Å². The second-order valence-electron chi connectivity index (χ2n) is 6.72. The van der Waals surface area contributed by atoms with Crippen molar-refractivity contribution in [1.82, 2.24) is 0 Å². The molecule has 0 bridgehead atoms. The SMILES string of the molecule is CC1=[C-]C(C)C(C)=C1[Si](C)(C)C1=C(C)C(C)[C-]=C1C.[Cl-].[Cl-].[Hf+4]. The van der Waals surface area contributed by atoms with Crippen molar-refractivity contribution >= 4 is 8.07 Å². The Balaban J connectivity index is 0. The summed E-state index contributed by atoms with van der Waals surface area (Å²) in [6, 6.07) is 0. The van der Waals surface area contributed by atoms with Crippen molar-refractivity contribution in [1.29, 1.82) is 0 Å². The summed E-state index contributed by atoms with van der Waals surface area (Å²) in [5, 5.41) is 3.26. The van der Waals surface area contributed by atoms with Gasteiger partial charge in [0.2, 0.25) is 0 Å². The Kier molecular flexibility index (Phi) is 9.77. The third kappa shape index (κ3) is 3.99. The Morgan fingerprint density at radius 2 is 1.00 bits per heavy atom. The van der Waals surface area contributed by atoms with Crippen molar-refractivity contribution in [2.45, 2.75) is 54.6 Å². The molecule has 2 atom stereocenters. The number of rotatable bonds is 2. The standard InChI is InChI=1S/C18H26Si.2ClH.Hf/c1-11-9-13(3)17(15(11)5)19(7,8)18-14(4)10-12(2)16(18)6;;;/h11-12H,1-8H3;2*1H;/q-2;;;+4/p-2. The van der Waals surface area contributed by atoms with Gasteiger partial charge < -0.3 is 24.8 Å². The van der Waals surface area contributed by atoms with Crippen LogP contribution in [0, 0.1) is 24.0 Å². The molecule has 2 aliphatic rings. The van der Waals surface area contributed by atoms with Crippen LogP contribution in [0.4, 0.5) is 0 Å². The first-order valence-electron chi connectivity index (χ1n) is 7.31. The fourth-order valence-corrected chi connectivity index (χ4v) is 8.76. The predicted octanol–water partition coefficient (Wildman–Crippen LogP) is -0.790. The van der Waals surface area contributed by atoms with Gasteiger partial charge in [-0.15, -0.1) is 0 Å². The molecule has 0 amide bonds. The summed E-state index contributed by atoms with van der Waals surface area (Å²) in [5.74, 6) is 0.990. The zero-order valence-electron chi connectivity index (χ0n) is 14.9. The van der Waals surface area contributed by atoms with Crippen LogP contribution in [-0.2, 0) is 25.8 Å². The third-order valence-corrected chi connectivity index (χ3v) is 8.99. The fourth-order valence-electron chi connectivity index (χ4n) is 4.08. The minimum Gasteiger partial charge on any atom is -1.00 e. The van der Waals surface area contributed by atoms with E-state index < -0.39 is 8.07 Å². The number of halogens is 2. The molecule has 0 N–H and O–H groups in total. The van der Waals surface area contributed by atoms with Crippen molar-refractivity contribution < 1.29 is 50.7 Å². The maximum absolute atomic E-state index is 3.61. The molecular weight excluding hydrogens is 494 g/mol. The summed E-state index contributed by atoms with van der Waals surface area (Å²) in [6.45, 7) is 18.6. The average Bonchev–Trinajstić information content (AvgIpc) is 2.66. The van der Waals surface area contributed by atoms with E-state index in [1.54, 1.807) is 21.5 Å². The van der Waals surface area contributed by atoms with Crippen LogP contribution in [0.5, 0.6) is 0 Å². The maximum Gasteiger partial charge on any atom is 4.00 e. The Labute approximate surface area is 169 Å². The molecule has 0 aromatic rings. The van der Waals surface area contributed by atoms with Crippen LogP contribution in [-0.4, -0.2) is 8.07 Å². The fraction of sp³-hybridized carbons (Fsp3) is 0.556. The summed E-state index contributed by atoms with van der Waals surface area (Å²) >= 11 is 0. The van der Waals surface area contributed by atoms with Crippen LogP contribution in [0.15, 0.2) is 32.7 Å². The van der Waals surface area contributed by atoms with Crippen LogP contribution < -0.4 is 24.8 Å². The van der Waals surface area contributed by atoms with E-state index in [2.05, 4.69) is 66.8 Å². The molecule has 0 spiro atoms. The topological polar surface area (TPSA) is 0 Å². The minimum absolute atomic E-state index is 0. The van der Waals surface area contributed by atoms with Gasteiger partial charge in [-0.3, -0.25) is 12.2 Å². The van der Waals surface area contributed by atoms with Crippen LogP contribution >= 0.6 is 0 Å². The van der Waals surface area contributed by atoms with E-state index in [1.165, 1.54) is 11.1 Å². The molecule has 0 saturated carbocycles. The van der Waals surface area contributed by atoms with Gasteiger partial charge in [0.05, 0.1) is 0 Å². The number of hydrogen-bond donors (Lipinski definition) is 0. The van der Waals surface area contributed by atoms with Crippen molar-refractivity contribution in [2.24, 2.45) is 11.8 Å². The van der Waals surface area contributed by atoms with E-state index >= 15 is 0 Å². The first-order chi connectivity index (χ1) is 8.67. The van der Waals surface area contributed by atoms with Gasteiger partial charge in [0.1, 0.15) is 0 Å². The molecule has 0 aromatic heterocycles. The van der Waals surface area contributed by atoms with E-state index in [4.69, 9.17) is 0 Å². The quantitative estimate of drug-likeness (QED) is 0.332. The molecule has 0 heterocycles. The zero-order valence-corrected chi connectivity index (χ0v) is 21.0. The van der Waals surface area contributed by atoms with Crippen molar-refractivity contribution in [3.05, 3.63) is 44.8 Å². The average molecular weight is 520 g/mol. The van der Waals surface area contributed by atoms with Gasteiger partial charge in [0.25, 0.3) is 0 Å². The van der Waals surface area contributed by atoms with E-state index in [9.17, 15) is 0 Å². The first kappa shape index (κ1) is 24.9. The molecule has 22 heavy (non-hydrogen) atoms. The molecule has 2 aliphatic carbocycles. The Bertz CT molecular complexity index is 505. The van der Waals surface area contributed by atoms with Crippen LogP contribution in [0.25, 0.3) is 0 Å². The molecule has 0 radical (unpaired) electrons. The Morgan fingerprint density at radius 3 is 1.18 bits per heavy atom. The maximum atomic E-state index is 3.61. The third-order valence-electron chi connectivity index (χ3n) is 4.95. The second kappa shape index (κ2) is 8.64. The van der Waals surface area contributed by atoms with E-state index in [0.29, 0.717) is 11.8 Å². The van der Waals surface area contributed by atoms with Gasteiger partial charge in [-0.2, -0.15) is 11.1 Å². The Morgan fingerprint density at radius 1 is 0.727 bits per heavy atom. The van der Waals surface area contributed by atoms with E-state index in [0.717, 1.165) is 0 Å². The van der Waals surface area contributed by atoms with E-state index in [-0.39, 0.29) is 50.7 Å². The summed E-state index contributed by atoms with van der Waals surface area (Å²) in [6.07, 6.45) is 7.22. The molecule has 0 aliphatic heterocycles. The summed E-state index contributed by atoms with van der Waals surface area (Å²) in [4.78, 5) is 0. The van der Waals surface area contributed by atoms with Crippen molar-refractivity contribution in [3.8, 4) is 0 Å². The smallest absolute Gasteiger partial charge is 1.00 e. The summed E-state index contributed by atoms with van der Waals surface area (Å²) < 4.78 is 0. The van der Waals surface area contributed by atoms with E-state index in [1.807, 2.05) is 0 Å². The largest absolute Gasteiger partial charge is 4.00 e. The van der Waals surface area contributed by atoms with Crippen molar-refractivity contribution in [3.63, 3.8) is 0 Å². The van der Waals surface area contributed by atoms with Gasteiger partial charge in [-0.25, -0.2) is 21.5 Å². The molecule has 0 aromatic carbocycles. The molecule has 2 rings (SSSR count). The second-order valence-corrected chi connectivity index (χ2v) is 11.0. The molecule has 0 fully saturated rings. The summed E-state index contributed by atoms with van der Waals surface area (Å²) in [7, 11) is -1.61. The molecule has 120 valence electrons. The first-order valence-corrected chi connectivity index (χ1v) is 10.3. The minimum atomic E-state index is -1.61. The van der Waals surface area contributed by atoms with Gasteiger partial charge >= 0.3 is 25.8 Å². The monoisotopic (exact) mass is 520 g/mol. The van der Waals surface area contributed by atoms with Crippen LogP contribution in [0.2, 0.25) is 13.1 Å². The zero-order chi connectivity index (χ0) is 14.5. The van der Waals surface area contributed by atoms with Crippen LogP contribution in [0.1, 0.15) is 41.5 Å². The summed E-state index contributed by atoms with van der Waals surface area (Å²) in [5.41, 5.74) is 5.88. The van der Waals surface area contributed by atoms with Crippen molar-refractivity contribution in [2.75, 3.05) is 0 Å². The Hall–Kier alpha value is 0.627. The predicted molar refractivity (Wildman–Crippen MR) is 86.1 cm³/mol. The number of hydrogen-bond acceptors (Lipinski definition) is 0.